The molecule has 1 aliphatic rings. The molecule has 3 nitrogen and oxygen atoms in total. The van der Waals surface area contributed by atoms with Crippen LogP contribution in [0.3, 0.4) is 0 Å². The van der Waals surface area contributed by atoms with Gasteiger partial charge in [0.2, 0.25) is 0 Å². The molecule has 100 valence electrons. The molecule has 3 rings (SSSR count). The summed E-state index contributed by atoms with van der Waals surface area (Å²) in [6.07, 6.45) is 1.87. The SMILES string of the molecule is CC1(C)OB(n2ccc3ccc(F)cc32)OC1(C)C. The second-order valence-corrected chi connectivity index (χ2v) is 5.99. The average molecular weight is 261 g/mol. The van der Waals surface area contributed by atoms with Crippen molar-refractivity contribution < 1.29 is 13.7 Å². The maximum Gasteiger partial charge on any atom is 0.598 e. The third-order valence-corrected chi connectivity index (χ3v) is 4.15. The molecule has 1 saturated heterocycles. The zero-order valence-electron chi connectivity index (χ0n) is 11.6. The molecule has 0 bridgehead atoms. The number of hydrogen-bond acceptors (Lipinski definition) is 2. The van der Waals surface area contributed by atoms with E-state index in [0.29, 0.717) is 0 Å². The lowest BCUT2D eigenvalue weighted by Crippen LogP contribution is -2.41. The van der Waals surface area contributed by atoms with Crippen LogP contribution in [-0.4, -0.2) is 22.9 Å². The smallest absolute Gasteiger partial charge is 0.384 e. The number of fused-ring (bicyclic) bond motifs is 1. The van der Waals surface area contributed by atoms with E-state index < -0.39 is 18.5 Å². The van der Waals surface area contributed by atoms with E-state index in [2.05, 4.69) is 0 Å². The third-order valence-electron chi connectivity index (χ3n) is 4.15. The summed E-state index contributed by atoms with van der Waals surface area (Å²) in [6.45, 7) is 8.00. The zero-order valence-corrected chi connectivity index (χ0v) is 11.6. The molecule has 1 fully saturated rings. The highest BCUT2D eigenvalue weighted by molar-refractivity contribution is 6.45. The molecule has 5 heteroatoms. The summed E-state index contributed by atoms with van der Waals surface area (Å²) in [7, 11) is -0.524. The van der Waals surface area contributed by atoms with Crippen molar-refractivity contribution in [3.8, 4) is 0 Å². The molecule has 1 aliphatic heterocycles. The van der Waals surface area contributed by atoms with E-state index in [1.54, 1.807) is 6.07 Å². The predicted octanol–water partition coefficient (Wildman–Crippen LogP) is 3.22. The summed E-state index contributed by atoms with van der Waals surface area (Å²) in [5.41, 5.74) is -0.0260. The second kappa shape index (κ2) is 3.84. The van der Waals surface area contributed by atoms with Gasteiger partial charge in [-0.1, -0.05) is 0 Å². The van der Waals surface area contributed by atoms with Crippen molar-refractivity contribution in [3.63, 3.8) is 0 Å². The molecular weight excluding hydrogens is 244 g/mol. The van der Waals surface area contributed by atoms with E-state index in [-0.39, 0.29) is 5.82 Å². The predicted molar refractivity (Wildman–Crippen MR) is 73.4 cm³/mol. The standard InChI is InChI=1S/C14H17BFNO2/c1-13(2)14(3,4)19-15(18-13)17-8-7-10-5-6-11(16)9-12(10)17/h5-9H,1-4H3. The number of aromatic nitrogens is 1. The fourth-order valence-electron chi connectivity index (χ4n) is 2.23. The van der Waals surface area contributed by atoms with Gasteiger partial charge in [0.05, 0.1) is 11.2 Å². The lowest BCUT2D eigenvalue weighted by molar-refractivity contribution is 0.00578. The summed E-state index contributed by atoms with van der Waals surface area (Å²) >= 11 is 0. The first kappa shape index (κ1) is 12.7. The van der Waals surface area contributed by atoms with Crippen molar-refractivity contribution in [2.24, 2.45) is 0 Å². The molecule has 0 radical (unpaired) electrons. The molecule has 2 aromatic rings. The van der Waals surface area contributed by atoms with E-state index in [1.807, 2.05) is 44.4 Å². The molecule has 0 N–H and O–H groups in total. The van der Waals surface area contributed by atoms with Crippen LogP contribution in [0.5, 0.6) is 0 Å². The van der Waals surface area contributed by atoms with E-state index in [9.17, 15) is 4.39 Å². The lowest BCUT2D eigenvalue weighted by atomic mass is 9.90. The number of benzene rings is 1. The quantitative estimate of drug-likeness (QED) is 0.736. The van der Waals surface area contributed by atoms with Gasteiger partial charge in [-0.05, 0) is 63.5 Å². The topological polar surface area (TPSA) is 23.4 Å². The molecule has 0 aliphatic carbocycles. The van der Waals surface area contributed by atoms with E-state index >= 15 is 0 Å². The van der Waals surface area contributed by atoms with Crippen molar-refractivity contribution in [3.05, 3.63) is 36.3 Å². The van der Waals surface area contributed by atoms with Crippen LogP contribution in [0.15, 0.2) is 30.5 Å². The first-order chi connectivity index (χ1) is 8.80. The fraction of sp³-hybridized carbons (Fsp3) is 0.429. The minimum absolute atomic E-state index is 0.260. The van der Waals surface area contributed by atoms with Gasteiger partial charge in [0.1, 0.15) is 5.82 Å². The van der Waals surface area contributed by atoms with E-state index in [1.165, 1.54) is 12.1 Å². The van der Waals surface area contributed by atoms with Crippen LogP contribution in [0, 0.1) is 5.82 Å². The Morgan fingerprint density at radius 2 is 1.68 bits per heavy atom. The Balaban J connectivity index is 2.05. The molecule has 2 heterocycles. The normalized spacial score (nSPS) is 21.2. The van der Waals surface area contributed by atoms with Gasteiger partial charge in [-0.15, -0.1) is 0 Å². The summed E-state index contributed by atoms with van der Waals surface area (Å²) in [4.78, 5) is 0. The summed E-state index contributed by atoms with van der Waals surface area (Å²) in [5.74, 6) is -0.260. The maximum atomic E-state index is 13.4. The highest BCUT2D eigenvalue weighted by Crippen LogP contribution is 2.37. The van der Waals surface area contributed by atoms with Gasteiger partial charge >= 0.3 is 7.25 Å². The Morgan fingerprint density at radius 3 is 2.32 bits per heavy atom. The number of halogens is 1. The minimum Gasteiger partial charge on any atom is -0.384 e. The molecule has 0 spiro atoms. The second-order valence-electron chi connectivity index (χ2n) is 5.99. The van der Waals surface area contributed by atoms with Crippen molar-refractivity contribution in [2.45, 2.75) is 38.9 Å². The first-order valence-corrected chi connectivity index (χ1v) is 6.42. The Hall–Kier alpha value is -1.33. The van der Waals surface area contributed by atoms with Crippen molar-refractivity contribution in [2.75, 3.05) is 0 Å². The van der Waals surface area contributed by atoms with Crippen molar-refractivity contribution >= 4 is 18.2 Å². The largest absolute Gasteiger partial charge is 0.598 e. The van der Waals surface area contributed by atoms with Crippen LogP contribution in [0.2, 0.25) is 0 Å². The number of hydrogen-bond donors (Lipinski definition) is 0. The van der Waals surface area contributed by atoms with Gasteiger partial charge < -0.3 is 13.8 Å². The molecule has 0 saturated carbocycles. The highest BCUT2D eigenvalue weighted by Gasteiger charge is 2.52. The summed E-state index contributed by atoms with van der Waals surface area (Å²) < 4.78 is 27.2. The monoisotopic (exact) mass is 261 g/mol. The lowest BCUT2D eigenvalue weighted by Gasteiger charge is -2.32. The highest BCUT2D eigenvalue weighted by atomic mass is 19.1. The minimum atomic E-state index is -0.524. The first-order valence-electron chi connectivity index (χ1n) is 6.42. The van der Waals surface area contributed by atoms with Gasteiger partial charge in [-0.3, -0.25) is 0 Å². The Bertz CT molecular complexity index is 619. The Kier molecular flexibility index (Phi) is 2.56. The number of rotatable bonds is 1. The van der Waals surface area contributed by atoms with Crippen molar-refractivity contribution in [1.82, 2.24) is 4.48 Å². The Labute approximate surface area is 112 Å². The molecular formula is C14H17BFNO2. The molecule has 1 aromatic carbocycles. The van der Waals surface area contributed by atoms with Gasteiger partial charge in [-0.2, -0.15) is 0 Å². The molecule has 0 unspecified atom stereocenters. The Morgan fingerprint density at radius 1 is 1.05 bits per heavy atom. The van der Waals surface area contributed by atoms with E-state index in [0.717, 1.165) is 10.9 Å². The van der Waals surface area contributed by atoms with Crippen LogP contribution < -0.4 is 0 Å². The van der Waals surface area contributed by atoms with Crippen LogP contribution in [0.4, 0.5) is 4.39 Å². The van der Waals surface area contributed by atoms with Gasteiger partial charge in [-0.25, -0.2) is 4.39 Å². The zero-order chi connectivity index (χ0) is 13.8. The van der Waals surface area contributed by atoms with Crippen LogP contribution in [0.1, 0.15) is 27.7 Å². The van der Waals surface area contributed by atoms with Gasteiger partial charge in [0, 0.05) is 5.52 Å². The third kappa shape index (κ3) is 1.88. The van der Waals surface area contributed by atoms with Crippen LogP contribution in [0.25, 0.3) is 10.9 Å². The van der Waals surface area contributed by atoms with Gasteiger partial charge in [0.25, 0.3) is 0 Å². The molecule has 0 amide bonds. The van der Waals surface area contributed by atoms with Crippen LogP contribution >= 0.6 is 0 Å². The fourth-order valence-corrected chi connectivity index (χ4v) is 2.23. The van der Waals surface area contributed by atoms with Crippen molar-refractivity contribution in [1.29, 1.82) is 0 Å². The molecule has 19 heavy (non-hydrogen) atoms. The summed E-state index contributed by atoms with van der Waals surface area (Å²) in [5, 5.41) is 0.969. The summed E-state index contributed by atoms with van der Waals surface area (Å²) in [6, 6.07) is 6.64. The molecule has 0 atom stereocenters. The van der Waals surface area contributed by atoms with E-state index in [4.69, 9.17) is 9.31 Å². The maximum absolute atomic E-state index is 13.4. The van der Waals surface area contributed by atoms with Crippen LogP contribution in [-0.2, 0) is 9.31 Å². The van der Waals surface area contributed by atoms with Gasteiger partial charge in [0.15, 0.2) is 0 Å². The average Bonchev–Trinajstić information content (AvgIpc) is 2.77. The molecule has 1 aromatic heterocycles. The number of nitrogens with zero attached hydrogens (tertiary/aromatic N) is 1.